The summed E-state index contributed by atoms with van der Waals surface area (Å²) in [5.74, 6) is 0. The molecule has 2 aliphatic heterocycles. The van der Waals surface area contributed by atoms with Crippen LogP contribution in [0, 0.1) is 0 Å². The normalized spacial score (nSPS) is 17.2. The minimum absolute atomic E-state index is 0.157. The predicted octanol–water partition coefficient (Wildman–Crippen LogP) is 13.3. The molecule has 55 heavy (non-hydrogen) atoms. The zero-order valence-corrected chi connectivity index (χ0v) is 30.0. The zero-order chi connectivity index (χ0) is 36.0. The maximum Gasteiger partial charge on any atom is 0.141 e. The van der Waals surface area contributed by atoms with Crippen molar-refractivity contribution in [3.8, 4) is 27.9 Å². The molecule has 3 atom stereocenters. The van der Waals surface area contributed by atoms with Crippen LogP contribution >= 0.6 is 0 Å². The lowest BCUT2D eigenvalue weighted by molar-refractivity contribution is 0.446. The average molecular weight is 702 g/mol. The van der Waals surface area contributed by atoms with Gasteiger partial charge in [0.05, 0.1) is 22.8 Å². The third-order valence-electron chi connectivity index (χ3n) is 11.9. The maximum atomic E-state index is 2.55. The molecule has 3 heteroatoms. The number of nitrogens with zero attached hydrogens (tertiary/aromatic N) is 3. The van der Waals surface area contributed by atoms with Crippen molar-refractivity contribution in [3.63, 3.8) is 0 Å². The number of benzene rings is 9. The Bertz CT molecular complexity index is 3010. The fourth-order valence-electron chi connectivity index (χ4n) is 9.39. The van der Waals surface area contributed by atoms with Gasteiger partial charge in [-0.15, -0.1) is 0 Å². The van der Waals surface area contributed by atoms with Gasteiger partial charge in [0.1, 0.15) is 6.17 Å². The molecule has 1 fully saturated rings. The molecule has 0 bridgehead atoms. The van der Waals surface area contributed by atoms with Gasteiger partial charge in [-0.1, -0.05) is 164 Å². The molecule has 0 radical (unpaired) electrons. The molecule has 3 nitrogen and oxygen atoms in total. The van der Waals surface area contributed by atoms with Gasteiger partial charge in [-0.25, -0.2) is 0 Å². The summed E-state index contributed by atoms with van der Waals surface area (Å²) in [6, 6.07) is 73.7. The Labute approximate surface area is 319 Å². The first-order valence-corrected chi connectivity index (χ1v) is 19.2. The fraction of sp³-hybridized carbons (Fsp3) is 0.0385. The highest BCUT2D eigenvalue weighted by Gasteiger charge is 2.57. The van der Waals surface area contributed by atoms with Crippen molar-refractivity contribution < 1.29 is 0 Å². The Morgan fingerprint density at radius 2 is 0.927 bits per heavy atom. The van der Waals surface area contributed by atoms with Crippen LogP contribution in [0.15, 0.2) is 200 Å². The van der Waals surface area contributed by atoms with Crippen LogP contribution < -0.4 is 5.01 Å². The van der Waals surface area contributed by atoms with Crippen molar-refractivity contribution in [3.05, 3.63) is 217 Å². The number of hydrogen-bond acceptors (Lipinski definition) is 2. The highest BCUT2D eigenvalue weighted by molar-refractivity contribution is 6.28. The molecule has 9 aromatic carbocycles. The monoisotopic (exact) mass is 701 g/mol. The van der Waals surface area contributed by atoms with E-state index in [0.29, 0.717) is 0 Å². The first-order chi connectivity index (χ1) is 27.3. The van der Waals surface area contributed by atoms with Gasteiger partial charge >= 0.3 is 0 Å². The molecule has 0 saturated carbocycles. The molecule has 0 amide bonds. The zero-order valence-electron chi connectivity index (χ0n) is 30.0. The van der Waals surface area contributed by atoms with Gasteiger partial charge in [-0.3, -0.25) is 5.01 Å². The molecular weight excluding hydrogens is 667 g/mol. The van der Waals surface area contributed by atoms with Crippen LogP contribution in [0.4, 0.5) is 5.69 Å². The highest BCUT2D eigenvalue weighted by Crippen LogP contribution is 2.60. The summed E-state index contributed by atoms with van der Waals surface area (Å²) in [6.45, 7) is 0. The van der Waals surface area contributed by atoms with E-state index in [1.165, 1.54) is 93.7 Å². The lowest BCUT2D eigenvalue weighted by atomic mass is 9.94. The van der Waals surface area contributed by atoms with Gasteiger partial charge in [0.25, 0.3) is 0 Å². The van der Waals surface area contributed by atoms with E-state index in [-0.39, 0.29) is 12.2 Å². The van der Waals surface area contributed by atoms with Crippen molar-refractivity contribution in [2.75, 3.05) is 5.01 Å². The van der Waals surface area contributed by atoms with E-state index < -0.39 is 0 Å². The molecule has 0 spiro atoms. The van der Waals surface area contributed by atoms with Crippen LogP contribution in [0.25, 0.3) is 71.3 Å². The van der Waals surface area contributed by atoms with Gasteiger partial charge in [0.15, 0.2) is 0 Å². The molecule has 10 aromatic rings. The van der Waals surface area contributed by atoms with Crippen molar-refractivity contribution in [1.82, 2.24) is 9.58 Å². The smallest absolute Gasteiger partial charge is 0.141 e. The van der Waals surface area contributed by atoms with E-state index in [1.54, 1.807) is 0 Å². The molecule has 12 rings (SSSR count). The lowest BCUT2D eigenvalue weighted by Crippen LogP contribution is -2.09. The van der Waals surface area contributed by atoms with E-state index >= 15 is 0 Å². The van der Waals surface area contributed by atoms with E-state index in [0.717, 1.165) is 0 Å². The number of rotatable bonds is 5. The molecule has 1 saturated heterocycles. The van der Waals surface area contributed by atoms with Crippen molar-refractivity contribution >= 4 is 49.0 Å². The van der Waals surface area contributed by atoms with Crippen LogP contribution in [-0.2, 0) is 0 Å². The van der Waals surface area contributed by atoms with E-state index in [9.17, 15) is 0 Å². The topological polar surface area (TPSA) is 10.9 Å². The molecule has 258 valence electrons. The van der Waals surface area contributed by atoms with Crippen LogP contribution in [-0.4, -0.2) is 9.58 Å². The van der Waals surface area contributed by atoms with Gasteiger partial charge < -0.3 is 4.57 Å². The second kappa shape index (κ2) is 11.8. The molecule has 0 aliphatic carbocycles. The van der Waals surface area contributed by atoms with Gasteiger partial charge in [0.2, 0.25) is 0 Å². The van der Waals surface area contributed by atoms with E-state index in [1.807, 2.05) is 0 Å². The summed E-state index contributed by atoms with van der Waals surface area (Å²) < 4.78 is 2.46. The fourth-order valence-corrected chi connectivity index (χ4v) is 9.39. The predicted molar refractivity (Wildman–Crippen MR) is 228 cm³/mol. The van der Waals surface area contributed by atoms with Crippen LogP contribution in [0.2, 0.25) is 0 Å². The van der Waals surface area contributed by atoms with Crippen LogP contribution in [0.5, 0.6) is 0 Å². The summed E-state index contributed by atoms with van der Waals surface area (Å²) in [7, 11) is 0. The Hall–Kier alpha value is -6.94. The third kappa shape index (κ3) is 4.60. The van der Waals surface area contributed by atoms with Gasteiger partial charge in [0, 0.05) is 22.0 Å². The first kappa shape index (κ1) is 30.5. The quantitative estimate of drug-likeness (QED) is 0.165. The molecule has 3 heterocycles. The largest absolute Gasteiger partial charge is 0.309 e. The Morgan fingerprint density at radius 1 is 0.382 bits per heavy atom. The van der Waals surface area contributed by atoms with Crippen molar-refractivity contribution in [2.45, 2.75) is 12.2 Å². The Morgan fingerprint density at radius 3 is 1.60 bits per heavy atom. The summed E-state index contributed by atoms with van der Waals surface area (Å²) in [5, 5.41) is 12.8. The number of hydrazine groups is 1. The Balaban J connectivity index is 0.908. The molecule has 3 unspecified atom stereocenters. The van der Waals surface area contributed by atoms with Crippen molar-refractivity contribution in [1.29, 1.82) is 0 Å². The highest BCUT2D eigenvalue weighted by atomic mass is 15.9. The lowest BCUT2D eigenvalue weighted by Gasteiger charge is -2.17. The average Bonchev–Trinajstić information content (AvgIpc) is 3.74. The Kier molecular flexibility index (Phi) is 6.54. The summed E-state index contributed by atoms with van der Waals surface area (Å²) in [5.41, 5.74) is 13.8. The van der Waals surface area contributed by atoms with Crippen molar-refractivity contribution in [2.24, 2.45) is 0 Å². The number of anilines is 1. The van der Waals surface area contributed by atoms with Crippen LogP contribution in [0.1, 0.15) is 28.9 Å². The van der Waals surface area contributed by atoms with E-state index in [2.05, 4.69) is 215 Å². The minimum Gasteiger partial charge on any atom is -0.309 e. The summed E-state index contributed by atoms with van der Waals surface area (Å²) in [6.07, 6.45) is 0.183. The third-order valence-corrected chi connectivity index (χ3v) is 11.9. The van der Waals surface area contributed by atoms with E-state index in [4.69, 9.17) is 0 Å². The summed E-state index contributed by atoms with van der Waals surface area (Å²) >= 11 is 0. The number of fused-ring (bicyclic) bond motifs is 10. The second-order valence-corrected chi connectivity index (χ2v) is 14.9. The summed E-state index contributed by atoms with van der Waals surface area (Å²) in [4.78, 5) is 0. The SMILES string of the molecule is c1ccc(-c2cccc(-c3ccc(C4c5ccccc5N5C(c6ccc(-n7c8ccc9ccccc9c8c8c9ccccc9ccc87)cc6)N45)cc3)c2)cc1. The minimum atomic E-state index is 0.157. The van der Waals surface area contributed by atoms with Gasteiger partial charge in [-0.2, -0.15) is 5.01 Å². The molecule has 2 aliphatic rings. The second-order valence-electron chi connectivity index (χ2n) is 14.9. The number of hydrogen-bond donors (Lipinski definition) is 0. The maximum absolute atomic E-state index is 2.55. The number of aromatic nitrogens is 1. The molecule has 0 N–H and O–H groups in total. The van der Waals surface area contributed by atoms with Gasteiger partial charge in [-0.05, 0) is 91.3 Å². The molecule has 1 aromatic heterocycles. The first-order valence-electron chi connectivity index (χ1n) is 19.2. The standard InChI is InChI=1S/C52H35N3/c1-2-11-34(12-3-1)40-15-10-16-41(33-40)35-21-23-38(24-22-35)51-45-19-8-9-20-46(45)54-52(55(51)54)39-25-29-42(30-26-39)53-47-31-27-36-13-4-6-17-43(36)49(47)50-44-18-7-5-14-37(44)28-32-48(50)53/h1-33,51-52H. The molecular formula is C52H35N3. The van der Waals surface area contributed by atoms with Crippen LogP contribution in [0.3, 0.4) is 0 Å². The number of para-hydroxylation sites is 1.